The summed E-state index contributed by atoms with van der Waals surface area (Å²) < 4.78 is 0. The molecule has 5 nitrogen and oxygen atoms in total. The second-order valence-electron chi connectivity index (χ2n) is 6.30. The van der Waals surface area contributed by atoms with E-state index in [1.54, 1.807) is 24.6 Å². The van der Waals surface area contributed by atoms with Crippen molar-refractivity contribution in [2.45, 2.75) is 44.6 Å². The molecular weight excluding hydrogens is 326 g/mol. The predicted octanol–water partition coefficient (Wildman–Crippen LogP) is 2.90. The first-order valence-corrected chi connectivity index (χ1v) is 8.85. The van der Waals surface area contributed by atoms with Gasteiger partial charge in [-0.05, 0) is 30.5 Å². The van der Waals surface area contributed by atoms with Gasteiger partial charge in [0.1, 0.15) is 6.04 Å². The summed E-state index contributed by atoms with van der Waals surface area (Å²) in [6, 6.07) is 6.39. The molecule has 2 rings (SSSR count). The van der Waals surface area contributed by atoms with Crippen molar-refractivity contribution in [3.8, 4) is 0 Å². The highest BCUT2D eigenvalue weighted by atomic mass is 35.5. The number of rotatable bonds is 8. The van der Waals surface area contributed by atoms with Crippen molar-refractivity contribution in [2.24, 2.45) is 11.7 Å². The molecule has 1 fully saturated rings. The van der Waals surface area contributed by atoms with Gasteiger partial charge in [-0.3, -0.25) is 9.59 Å². The van der Waals surface area contributed by atoms with Gasteiger partial charge in [0.05, 0.1) is 0 Å². The van der Waals surface area contributed by atoms with Gasteiger partial charge in [-0.15, -0.1) is 0 Å². The lowest BCUT2D eigenvalue weighted by Crippen LogP contribution is -2.48. The Morgan fingerprint density at radius 2 is 2.04 bits per heavy atom. The number of hydrogen-bond acceptors (Lipinski definition) is 3. The van der Waals surface area contributed by atoms with Crippen molar-refractivity contribution < 1.29 is 9.59 Å². The fraction of sp³-hybridized carbons (Fsp3) is 0.500. The Bertz CT molecular complexity index is 559. The summed E-state index contributed by atoms with van der Waals surface area (Å²) in [4.78, 5) is 23.6. The third kappa shape index (κ3) is 6.40. The van der Waals surface area contributed by atoms with E-state index in [1.165, 1.54) is 32.1 Å². The molecule has 1 saturated carbocycles. The van der Waals surface area contributed by atoms with E-state index in [9.17, 15) is 9.59 Å². The molecular formula is C18H25ClN3O2. The van der Waals surface area contributed by atoms with Crippen LogP contribution in [0.5, 0.6) is 0 Å². The number of anilines is 1. The topological polar surface area (TPSA) is 84.2 Å². The minimum absolute atomic E-state index is 0.221. The van der Waals surface area contributed by atoms with Crippen molar-refractivity contribution in [3.63, 3.8) is 0 Å². The Labute approximate surface area is 148 Å². The van der Waals surface area contributed by atoms with Crippen LogP contribution in [-0.4, -0.2) is 24.4 Å². The van der Waals surface area contributed by atoms with Crippen LogP contribution >= 0.6 is 11.6 Å². The lowest BCUT2D eigenvalue weighted by Gasteiger charge is -2.21. The Hall–Kier alpha value is -1.75. The third-order valence-corrected chi connectivity index (χ3v) is 4.59. The molecule has 2 amide bonds. The average molecular weight is 351 g/mol. The van der Waals surface area contributed by atoms with E-state index < -0.39 is 11.9 Å². The second-order valence-corrected chi connectivity index (χ2v) is 6.74. The van der Waals surface area contributed by atoms with E-state index in [-0.39, 0.29) is 12.5 Å². The summed E-state index contributed by atoms with van der Waals surface area (Å²) >= 11 is 5.92. The predicted molar refractivity (Wildman–Crippen MR) is 96.6 cm³/mol. The quantitative estimate of drug-likeness (QED) is 0.674. The van der Waals surface area contributed by atoms with Crippen molar-refractivity contribution >= 4 is 29.1 Å². The summed E-state index contributed by atoms with van der Waals surface area (Å²) in [7, 11) is 0. The van der Waals surface area contributed by atoms with Gasteiger partial charge in [-0.1, -0.05) is 49.8 Å². The zero-order valence-electron chi connectivity index (χ0n) is 13.8. The summed E-state index contributed by atoms with van der Waals surface area (Å²) in [5, 5.41) is 6.34. The molecule has 1 aliphatic carbocycles. The standard InChI is InChI=1S/C18H25ClN3O2/c19-14-7-4-8-15(11-14)21-12-16(18(20)24)22-17(23)10-9-13-5-2-1-3-6-13/h4,7-8,10-11,13,16,21H,1-3,5-6,9,12H2,(H2,20,24)(H,22,23). The molecule has 0 aliphatic heterocycles. The minimum Gasteiger partial charge on any atom is -0.382 e. The molecule has 24 heavy (non-hydrogen) atoms. The van der Waals surface area contributed by atoms with Gasteiger partial charge in [-0.2, -0.15) is 0 Å². The van der Waals surface area contributed by atoms with Crippen molar-refractivity contribution in [3.05, 3.63) is 35.7 Å². The maximum atomic E-state index is 12.0. The second kappa shape index (κ2) is 9.52. The van der Waals surface area contributed by atoms with Gasteiger partial charge in [0.25, 0.3) is 0 Å². The van der Waals surface area contributed by atoms with Crippen LogP contribution in [0.1, 0.15) is 38.5 Å². The van der Waals surface area contributed by atoms with E-state index in [4.69, 9.17) is 17.3 Å². The van der Waals surface area contributed by atoms with Gasteiger partial charge in [0.2, 0.25) is 11.8 Å². The normalized spacial score (nSPS) is 16.4. The fourth-order valence-corrected chi connectivity index (χ4v) is 3.16. The van der Waals surface area contributed by atoms with Crippen molar-refractivity contribution in [2.75, 3.05) is 11.9 Å². The van der Waals surface area contributed by atoms with Gasteiger partial charge in [-0.25, -0.2) is 0 Å². The summed E-state index contributed by atoms with van der Waals surface area (Å²) in [6.07, 6.45) is 8.55. The first-order valence-electron chi connectivity index (χ1n) is 8.47. The number of carbonyl (C=O) groups is 2. The molecule has 1 atom stereocenters. The highest BCUT2D eigenvalue weighted by Crippen LogP contribution is 2.26. The number of carbonyl (C=O) groups excluding carboxylic acids is 2. The van der Waals surface area contributed by atoms with Crippen LogP contribution in [0.4, 0.5) is 5.69 Å². The maximum absolute atomic E-state index is 12.0. The maximum Gasteiger partial charge on any atom is 0.241 e. The molecule has 1 aromatic carbocycles. The number of nitrogens with one attached hydrogen (secondary N) is 2. The van der Waals surface area contributed by atoms with Crippen LogP contribution in [0.25, 0.3) is 0 Å². The monoisotopic (exact) mass is 350 g/mol. The molecule has 0 heterocycles. The Morgan fingerprint density at radius 3 is 2.71 bits per heavy atom. The van der Waals surface area contributed by atoms with Crippen molar-refractivity contribution in [1.82, 2.24) is 5.32 Å². The van der Waals surface area contributed by atoms with Crippen LogP contribution in [0.2, 0.25) is 5.02 Å². The lowest BCUT2D eigenvalue weighted by molar-refractivity contribution is -0.125. The van der Waals surface area contributed by atoms with E-state index in [2.05, 4.69) is 10.6 Å². The molecule has 6 heteroatoms. The number of nitrogens with two attached hydrogens (primary N) is 1. The SMILES string of the molecule is NC(=O)C(CNc1cccc(Cl)c1)NC(=O)[CH]CC1CCCCC1. The average Bonchev–Trinajstić information content (AvgIpc) is 2.57. The molecule has 131 valence electrons. The number of hydrogen-bond donors (Lipinski definition) is 3. The van der Waals surface area contributed by atoms with Gasteiger partial charge >= 0.3 is 0 Å². The summed E-state index contributed by atoms with van der Waals surface area (Å²) in [5.74, 6) is -0.220. The number of amides is 2. The minimum atomic E-state index is -0.765. The summed E-state index contributed by atoms with van der Waals surface area (Å²) in [5.41, 5.74) is 6.16. The van der Waals surface area contributed by atoms with E-state index in [0.29, 0.717) is 10.9 Å². The number of halogens is 1. The molecule has 1 aliphatic rings. The van der Waals surface area contributed by atoms with E-state index in [0.717, 1.165) is 12.1 Å². The number of primary amides is 1. The zero-order valence-corrected chi connectivity index (χ0v) is 14.5. The molecule has 1 unspecified atom stereocenters. The molecule has 1 radical (unpaired) electrons. The van der Waals surface area contributed by atoms with Crippen LogP contribution in [0.3, 0.4) is 0 Å². The first kappa shape index (κ1) is 18.6. The zero-order chi connectivity index (χ0) is 17.4. The van der Waals surface area contributed by atoms with Crippen LogP contribution < -0.4 is 16.4 Å². The van der Waals surface area contributed by atoms with Gasteiger partial charge in [0, 0.05) is 23.7 Å². The Morgan fingerprint density at radius 1 is 1.29 bits per heavy atom. The fourth-order valence-electron chi connectivity index (χ4n) is 2.97. The molecule has 0 spiro atoms. The van der Waals surface area contributed by atoms with Crippen LogP contribution in [-0.2, 0) is 9.59 Å². The molecule has 0 saturated heterocycles. The highest BCUT2D eigenvalue weighted by molar-refractivity contribution is 6.30. The number of benzene rings is 1. The largest absolute Gasteiger partial charge is 0.382 e. The van der Waals surface area contributed by atoms with Gasteiger partial charge < -0.3 is 16.4 Å². The molecule has 1 aromatic rings. The lowest BCUT2D eigenvalue weighted by atomic mass is 9.86. The Balaban J connectivity index is 1.77. The van der Waals surface area contributed by atoms with E-state index in [1.807, 2.05) is 6.07 Å². The third-order valence-electron chi connectivity index (χ3n) is 4.36. The molecule has 0 aromatic heterocycles. The van der Waals surface area contributed by atoms with Gasteiger partial charge in [0.15, 0.2) is 0 Å². The smallest absolute Gasteiger partial charge is 0.241 e. The van der Waals surface area contributed by atoms with E-state index >= 15 is 0 Å². The summed E-state index contributed by atoms with van der Waals surface area (Å²) in [6.45, 7) is 0.221. The van der Waals surface area contributed by atoms with Crippen LogP contribution in [0, 0.1) is 12.3 Å². The van der Waals surface area contributed by atoms with Crippen LogP contribution in [0.15, 0.2) is 24.3 Å². The molecule has 0 bridgehead atoms. The Kier molecular flexibility index (Phi) is 7.37. The highest BCUT2D eigenvalue weighted by Gasteiger charge is 2.20. The first-order chi connectivity index (χ1) is 11.5. The van der Waals surface area contributed by atoms with Crippen molar-refractivity contribution in [1.29, 1.82) is 0 Å². The molecule has 4 N–H and O–H groups in total.